The highest BCUT2D eigenvalue weighted by Crippen LogP contribution is 2.45. The molecule has 0 spiro atoms. The molecule has 4 rings (SSSR count). The Kier molecular flexibility index (Phi) is 2.56. The first-order chi connectivity index (χ1) is 10.2. The third kappa shape index (κ3) is 1.51. The fraction of sp³-hybridized carbons (Fsp3) is 0.235. The molecule has 4 heteroatoms. The number of benzene rings is 2. The zero-order valence-electron chi connectivity index (χ0n) is 11.7. The summed E-state index contributed by atoms with van der Waals surface area (Å²) in [6.45, 7) is 1.61. The van der Waals surface area contributed by atoms with Crippen LogP contribution in [0.4, 0.5) is 5.69 Å². The molecule has 2 aromatic carbocycles. The average molecular weight is 279 g/mol. The van der Waals surface area contributed by atoms with E-state index in [1.807, 2.05) is 53.4 Å². The van der Waals surface area contributed by atoms with Gasteiger partial charge < -0.3 is 10.6 Å². The lowest BCUT2D eigenvalue weighted by Crippen LogP contribution is -2.59. The van der Waals surface area contributed by atoms with Crippen LogP contribution in [-0.2, 0) is 5.66 Å². The smallest absolute Gasteiger partial charge is 0.256 e. The summed E-state index contributed by atoms with van der Waals surface area (Å²) < 4.78 is 0. The minimum absolute atomic E-state index is 0.0843. The van der Waals surface area contributed by atoms with E-state index in [1.54, 1.807) is 0 Å². The molecular formula is C17H17N3O. The highest BCUT2D eigenvalue weighted by atomic mass is 16.2. The van der Waals surface area contributed by atoms with Crippen LogP contribution < -0.4 is 11.1 Å². The number of amides is 1. The minimum atomic E-state index is -0.614. The van der Waals surface area contributed by atoms with Crippen molar-refractivity contribution < 1.29 is 4.79 Å². The molecule has 1 atom stereocenters. The van der Waals surface area contributed by atoms with Crippen LogP contribution in [-0.4, -0.2) is 23.9 Å². The molecule has 0 radical (unpaired) electrons. The van der Waals surface area contributed by atoms with Gasteiger partial charge in [-0.05, 0) is 25.1 Å². The lowest BCUT2D eigenvalue weighted by atomic mass is 9.88. The molecule has 2 aliphatic heterocycles. The highest BCUT2D eigenvalue weighted by molar-refractivity contribution is 6.01. The van der Waals surface area contributed by atoms with Crippen molar-refractivity contribution in [3.8, 4) is 0 Å². The van der Waals surface area contributed by atoms with Gasteiger partial charge in [0.2, 0.25) is 0 Å². The third-order valence-electron chi connectivity index (χ3n) is 4.49. The zero-order chi connectivity index (χ0) is 14.4. The van der Waals surface area contributed by atoms with Gasteiger partial charge in [-0.2, -0.15) is 0 Å². The number of carbonyl (C=O) groups is 1. The normalized spacial score (nSPS) is 23.8. The quantitative estimate of drug-likeness (QED) is 0.784. The lowest BCUT2D eigenvalue weighted by molar-refractivity contribution is 0.0459. The topological polar surface area (TPSA) is 58.4 Å². The molecule has 0 aliphatic carbocycles. The molecule has 3 N–H and O–H groups in total. The largest absolute Gasteiger partial charge is 0.398 e. The third-order valence-corrected chi connectivity index (χ3v) is 4.49. The Morgan fingerprint density at radius 3 is 2.57 bits per heavy atom. The number of hydrogen-bond donors (Lipinski definition) is 2. The fourth-order valence-electron chi connectivity index (χ4n) is 3.61. The van der Waals surface area contributed by atoms with Gasteiger partial charge in [0.25, 0.3) is 5.91 Å². The van der Waals surface area contributed by atoms with Gasteiger partial charge in [0.15, 0.2) is 0 Å². The van der Waals surface area contributed by atoms with Crippen LogP contribution in [0.2, 0.25) is 0 Å². The highest BCUT2D eigenvalue weighted by Gasteiger charge is 2.52. The summed E-state index contributed by atoms with van der Waals surface area (Å²) in [6.07, 6.45) is 0.953. The van der Waals surface area contributed by atoms with Crippen LogP contribution in [0, 0.1) is 0 Å². The Balaban J connectivity index is 2.03. The number of para-hydroxylation sites is 1. The standard InChI is InChI=1S/C17H17N3O/c18-15-9-4-3-8-14(15)17-13-7-2-1-6-12(13)16(21)20(17)11-5-10-19-17/h1-4,6-9,19H,5,10-11,18H2/t17-/m1/s1. The van der Waals surface area contributed by atoms with E-state index in [0.29, 0.717) is 5.69 Å². The van der Waals surface area contributed by atoms with Gasteiger partial charge in [0, 0.05) is 28.9 Å². The maximum Gasteiger partial charge on any atom is 0.256 e. The molecular weight excluding hydrogens is 262 g/mol. The molecule has 0 saturated carbocycles. The Bertz CT molecular complexity index is 727. The number of rotatable bonds is 1. The van der Waals surface area contributed by atoms with E-state index >= 15 is 0 Å². The van der Waals surface area contributed by atoms with Crippen LogP contribution in [0.1, 0.15) is 27.9 Å². The number of fused-ring (bicyclic) bond motifs is 3. The van der Waals surface area contributed by atoms with E-state index in [2.05, 4.69) is 5.32 Å². The number of carbonyl (C=O) groups excluding carboxylic acids is 1. The van der Waals surface area contributed by atoms with E-state index in [-0.39, 0.29) is 5.91 Å². The number of nitrogens with one attached hydrogen (secondary N) is 1. The van der Waals surface area contributed by atoms with Crippen LogP contribution in [0.25, 0.3) is 0 Å². The lowest BCUT2D eigenvalue weighted by Gasteiger charge is -2.44. The molecule has 4 nitrogen and oxygen atoms in total. The van der Waals surface area contributed by atoms with Crippen LogP contribution in [0.5, 0.6) is 0 Å². The predicted octanol–water partition coefficient (Wildman–Crippen LogP) is 1.92. The van der Waals surface area contributed by atoms with Crippen molar-refractivity contribution in [3.63, 3.8) is 0 Å². The molecule has 0 bridgehead atoms. The van der Waals surface area contributed by atoms with E-state index in [9.17, 15) is 4.79 Å². The van der Waals surface area contributed by atoms with Crippen molar-refractivity contribution in [1.82, 2.24) is 10.2 Å². The van der Waals surface area contributed by atoms with E-state index in [4.69, 9.17) is 5.73 Å². The van der Waals surface area contributed by atoms with Crippen molar-refractivity contribution in [2.24, 2.45) is 0 Å². The summed E-state index contributed by atoms with van der Waals surface area (Å²) in [5, 5.41) is 3.56. The van der Waals surface area contributed by atoms with E-state index < -0.39 is 5.66 Å². The van der Waals surface area contributed by atoms with Gasteiger partial charge in [-0.3, -0.25) is 10.1 Å². The van der Waals surface area contributed by atoms with Crippen LogP contribution >= 0.6 is 0 Å². The van der Waals surface area contributed by atoms with Crippen molar-refractivity contribution in [2.75, 3.05) is 18.8 Å². The van der Waals surface area contributed by atoms with Crippen LogP contribution in [0.15, 0.2) is 48.5 Å². The SMILES string of the molecule is Nc1ccccc1[C@]12NCCCN1C(=O)c1ccccc12. The fourth-order valence-corrected chi connectivity index (χ4v) is 3.61. The van der Waals surface area contributed by atoms with Crippen molar-refractivity contribution in [2.45, 2.75) is 12.1 Å². The second kappa shape index (κ2) is 4.33. The summed E-state index contributed by atoms with van der Waals surface area (Å²) in [6, 6.07) is 15.6. The summed E-state index contributed by atoms with van der Waals surface area (Å²) in [7, 11) is 0. The zero-order valence-corrected chi connectivity index (χ0v) is 11.7. The summed E-state index contributed by atoms with van der Waals surface area (Å²) >= 11 is 0. The first-order valence-electron chi connectivity index (χ1n) is 7.26. The molecule has 2 heterocycles. The number of anilines is 1. The molecule has 0 unspecified atom stereocenters. The first kappa shape index (κ1) is 12.4. The summed E-state index contributed by atoms with van der Waals surface area (Å²) in [4.78, 5) is 14.7. The molecule has 2 aliphatic rings. The first-order valence-corrected chi connectivity index (χ1v) is 7.26. The predicted molar refractivity (Wildman–Crippen MR) is 81.7 cm³/mol. The Hall–Kier alpha value is -2.33. The molecule has 1 fully saturated rings. The molecule has 2 aromatic rings. The second-order valence-corrected chi connectivity index (χ2v) is 5.58. The molecule has 106 valence electrons. The summed E-state index contributed by atoms with van der Waals surface area (Å²) in [5.74, 6) is 0.0843. The maximum absolute atomic E-state index is 12.8. The Morgan fingerprint density at radius 2 is 1.76 bits per heavy atom. The minimum Gasteiger partial charge on any atom is -0.398 e. The van der Waals surface area contributed by atoms with Crippen molar-refractivity contribution >= 4 is 11.6 Å². The molecule has 21 heavy (non-hydrogen) atoms. The maximum atomic E-state index is 12.8. The number of nitrogens with two attached hydrogens (primary N) is 1. The molecule has 1 amide bonds. The van der Waals surface area contributed by atoms with Gasteiger partial charge >= 0.3 is 0 Å². The van der Waals surface area contributed by atoms with E-state index in [0.717, 1.165) is 36.2 Å². The molecule has 1 saturated heterocycles. The Labute approximate surface area is 123 Å². The van der Waals surface area contributed by atoms with Gasteiger partial charge in [-0.15, -0.1) is 0 Å². The van der Waals surface area contributed by atoms with Crippen molar-refractivity contribution in [3.05, 3.63) is 65.2 Å². The Morgan fingerprint density at radius 1 is 1.05 bits per heavy atom. The second-order valence-electron chi connectivity index (χ2n) is 5.58. The van der Waals surface area contributed by atoms with E-state index in [1.165, 1.54) is 0 Å². The number of nitrogens with zero attached hydrogens (tertiary/aromatic N) is 1. The molecule has 0 aromatic heterocycles. The summed E-state index contributed by atoms with van der Waals surface area (Å²) in [5.41, 5.74) is 9.06. The van der Waals surface area contributed by atoms with Gasteiger partial charge in [-0.25, -0.2) is 0 Å². The van der Waals surface area contributed by atoms with Gasteiger partial charge in [0.1, 0.15) is 5.66 Å². The number of hydrogen-bond acceptors (Lipinski definition) is 3. The van der Waals surface area contributed by atoms with Gasteiger partial charge in [-0.1, -0.05) is 36.4 Å². The average Bonchev–Trinajstić information content (AvgIpc) is 2.79. The monoisotopic (exact) mass is 279 g/mol. The van der Waals surface area contributed by atoms with Crippen LogP contribution in [0.3, 0.4) is 0 Å². The van der Waals surface area contributed by atoms with Gasteiger partial charge in [0.05, 0.1) is 0 Å². The van der Waals surface area contributed by atoms with Crippen molar-refractivity contribution in [1.29, 1.82) is 0 Å². The number of nitrogen functional groups attached to an aromatic ring is 1.